The van der Waals surface area contributed by atoms with E-state index in [2.05, 4.69) is 15.7 Å². The van der Waals surface area contributed by atoms with Crippen LogP contribution in [-0.2, 0) is 6.54 Å². The molecule has 1 aromatic carbocycles. The first-order valence-corrected chi connectivity index (χ1v) is 9.71. The topological polar surface area (TPSA) is 58.4 Å². The number of rotatable bonds is 4. The van der Waals surface area contributed by atoms with Gasteiger partial charge in [0.2, 0.25) is 0 Å². The second kappa shape index (κ2) is 7.14. The number of hydrogen-bond donors (Lipinski definition) is 1. The molecule has 1 amide bonds. The minimum Gasteiger partial charge on any atom is -0.507 e. The van der Waals surface area contributed by atoms with E-state index in [9.17, 15) is 9.90 Å². The minimum absolute atomic E-state index is 0.0641. The number of aryl methyl sites for hydroxylation is 1. The molecule has 2 aliphatic rings. The summed E-state index contributed by atoms with van der Waals surface area (Å²) in [5, 5.41) is 10.1. The zero-order valence-corrected chi connectivity index (χ0v) is 15.4. The predicted molar refractivity (Wildman–Crippen MR) is 100 cm³/mol. The number of phenols is 1. The highest BCUT2D eigenvalue weighted by Gasteiger charge is 2.30. The largest absolute Gasteiger partial charge is 0.507 e. The van der Waals surface area contributed by atoms with Crippen LogP contribution < -0.4 is 0 Å². The number of imidazole rings is 1. The van der Waals surface area contributed by atoms with Crippen LogP contribution in [0.2, 0.25) is 0 Å². The van der Waals surface area contributed by atoms with Crippen molar-refractivity contribution >= 4 is 5.91 Å². The highest BCUT2D eigenvalue weighted by atomic mass is 16.3. The third-order valence-corrected chi connectivity index (χ3v) is 5.88. The van der Waals surface area contributed by atoms with Crippen molar-refractivity contribution in [3.63, 3.8) is 0 Å². The quantitative estimate of drug-likeness (QED) is 0.911. The summed E-state index contributed by atoms with van der Waals surface area (Å²) in [6, 6.07) is 5.20. The van der Waals surface area contributed by atoms with E-state index in [1.165, 1.54) is 19.3 Å². The molecule has 2 heterocycles. The molecule has 1 aromatic heterocycles. The number of hydrogen-bond acceptors (Lipinski definition) is 3. The summed E-state index contributed by atoms with van der Waals surface area (Å²) < 4.78 is 2.30. The number of aromatic hydroxyl groups is 1. The Labute approximate surface area is 154 Å². The van der Waals surface area contributed by atoms with E-state index in [-0.39, 0.29) is 17.6 Å². The summed E-state index contributed by atoms with van der Waals surface area (Å²) in [4.78, 5) is 19.4. The summed E-state index contributed by atoms with van der Waals surface area (Å²) in [6.07, 6.45) is 9.99. The number of carbonyl (C=O) groups excluding carboxylic acids is 1. The first-order valence-electron chi connectivity index (χ1n) is 9.71. The van der Waals surface area contributed by atoms with E-state index >= 15 is 0 Å². The van der Waals surface area contributed by atoms with Crippen LogP contribution in [0.4, 0.5) is 0 Å². The number of nitrogens with zero attached hydrogens (tertiary/aromatic N) is 3. The molecule has 5 heteroatoms. The van der Waals surface area contributed by atoms with E-state index in [1.54, 1.807) is 12.1 Å². The fourth-order valence-corrected chi connectivity index (χ4v) is 4.15. The monoisotopic (exact) mass is 353 g/mol. The fraction of sp³-hybridized carbons (Fsp3) is 0.524. The molecule has 1 saturated heterocycles. The lowest BCUT2D eigenvalue weighted by Crippen LogP contribution is -2.40. The molecular weight excluding hydrogens is 326 g/mol. The van der Waals surface area contributed by atoms with Crippen molar-refractivity contribution in [1.29, 1.82) is 0 Å². The average Bonchev–Trinajstić information content (AvgIpc) is 3.08. The molecule has 1 saturated carbocycles. The average molecular weight is 353 g/mol. The van der Waals surface area contributed by atoms with Gasteiger partial charge in [-0.3, -0.25) is 4.79 Å². The SMILES string of the molecule is Cc1ccc(O)c(C(=O)N2CCCC(c3nccn3CC3CCC3)C2)c1. The summed E-state index contributed by atoms with van der Waals surface area (Å²) in [7, 11) is 0. The Bertz CT molecular complexity index is 794. The highest BCUT2D eigenvalue weighted by Crippen LogP contribution is 2.32. The van der Waals surface area contributed by atoms with Crippen LogP contribution in [0, 0.1) is 12.8 Å². The van der Waals surface area contributed by atoms with Crippen LogP contribution in [0.3, 0.4) is 0 Å². The smallest absolute Gasteiger partial charge is 0.257 e. The van der Waals surface area contributed by atoms with Gasteiger partial charge in [-0.2, -0.15) is 0 Å². The van der Waals surface area contributed by atoms with Crippen molar-refractivity contribution in [2.75, 3.05) is 13.1 Å². The van der Waals surface area contributed by atoms with Gasteiger partial charge in [0.05, 0.1) is 5.56 Å². The number of benzene rings is 1. The van der Waals surface area contributed by atoms with Gasteiger partial charge in [0.15, 0.2) is 0 Å². The van der Waals surface area contributed by atoms with E-state index in [0.29, 0.717) is 12.1 Å². The van der Waals surface area contributed by atoms with Crippen LogP contribution in [0.25, 0.3) is 0 Å². The van der Waals surface area contributed by atoms with E-state index in [4.69, 9.17) is 0 Å². The van der Waals surface area contributed by atoms with Crippen LogP contribution in [0.5, 0.6) is 5.75 Å². The zero-order chi connectivity index (χ0) is 18.1. The number of aromatic nitrogens is 2. The van der Waals surface area contributed by atoms with Gasteiger partial charge in [-0.15, -0.1) is 0 Å². The summed E-state index contributed by atoms with van der Waals surface area (Å²) in [6.45, 7) is 4.41. The zero-order valence-electron chi connectivity index (χ0n) is 15.4. The maximum absolute atomic E-state index is 12.9. The normalized spacial score (nSPS) is 20.8. The molecule has 1 atom stereocenters. The van der Waals surface area contributed by atoms with Crippen molar-refractivity contribution < 1.29 is 9.90 Å². The predicted octanol–water partition coefficient (Wildman–Crippen LogP) is 3.72. The number of amides is 1. The van der Waals surface area contributed by atoms with Crippen molar-refractivity contribution in [1.82, 2.24) is 14.5 Å². The lowest BCUT2D eigenvalue weighted by Gasteiger charge is -2.34. The molecule has 0 bridgehead atoms. The first kappa shape index (κ1) is 17.1. The Morgan fingerprint density at radius 1 is 1.27 bits per heavy atom. The lowest BCUT2D eigenvalue weighted by atomic mass is 9.85. The molecule has 2 fully saturated rings. The number of carbonyl (C=O) groups is 1. The Hall–Kier alpha value is -2.30. The molecule has 5 nitrogen and oxygen atoms in total. The maximum Gasteiger partial charge on any atom is 0.257 e. The standard InChI is InChI=1S/C21H27N3O2/c1-15-7-8-19(25)18(12-15)21(26)24-10-3-6-17(14-24)20-22-9-11-23(20)13-16-4-2-5-16/h7-9,11-12,16-17,25H,2-6,10,13-14H2,1H3. The Balaban J connectivity index is 1.50. The van der Waals surface area contributed by atoms with Crippen LogP contribution in [0.15, 0.2) is 30.6 Å². The molecule has 138 valence electrons. The minimum atomic E-state index is -0.0759. The Morgan fingerprint density at radius 2 is 2.12 bits per heavy atom. The molecule has 0 radical (unpaired) electrons. The summed E-state index contributed by atoms with van der Waals surface area (Å²) in [5.74, 6) is 2.16. The van der Waals surface area contributed by atoms with E-state index in [0.717, 1.165) is 43.2 Å². The highest BCUT2D eigenvalue weighted by molar-refractivity contribution is 5.97. The molecular formula is C21H27N3O2. The number of phenolic OH excluding ortho intramolecular Hbond substituents is 1. The van der Waals surface area contributed by atoms with Crippen molar-refractivity contribution in [3.8, 4) is 5.75 Å². The molecule has 26 heavy (non-hydrogen) atoms. The van der Waals surface area contributed by atoms with Crippen molar-refractivity contribution in [3.05, 3.63) is 47.5 Å². The third kappa shape index (κ3) is 3.35. The number of likely N-dealkylation sites (tertiary alicyclic amines) is 1. The van der Waals surface area contributed by atoms with Gasteiger partial charge in [0, 0.05) is 37.9 Å². The number of piperidine rings is 1. The third-order valence-electron chi connectivity index (χ3n) is 5.88. The molecule has 2 aromatic rings. The Morgan fingerprint density at radius 3 is 2.88 bits per heavy atom. The van der Waals surface area contributed by atoms with Crippen molar-refractivity contribution in [2.45, 2.75) is 51.5 Å². The van der Waals surface area contributed by atoms with Crippen molar-refractivity contribution in [2.24, 2.45) is 5.92 Å². The summed E-state index contributed by atoms with van der Waals surface area (Å²) in [5.41, 5.74) is 1.39. The molecule has 0 spiro atoms. The van der Waals surface area contributed by atoms with Gasteiger partial charge in [-0.05, 0) is 50.7 Å². The lowest BCUT2D eigenvalue weighted by molar-refractivity contribution is 0.0699. The van der Waals surface area contributed by atoms with Crippen LogP contribution in [-0.4, -0.2) is 38.6 Å². The second-order valence-corrected chi connectivity index (χ2v) is 7.85. The van der Waals surface area contributed by atoms with Gasteiger partial charge in [0.25, 0.3) is 5.91 Å². The van der Waals surface area contributed by atoms with Gasteiger partial charge < -0.3 is 14.6 Å². The van der Waals surface area contributed by atoms with Gasteiger partial charge in [0.1, 0.15) is 11.6 Å². The van der Waals surface area contributed by atoms with E-state index < -0.39 is 0 Å². The molecule has 1 unspecified atom stereocenters. The second-order valence-electron chi connectivity index (χ2n) is 7.85. The van der Waals surface area contributed by atoms with Gasteiger partial charge >= 0.3 is 0 Å². The van der Waals surface area contributed by atoms with Crippen LogP contribution in [0.1, 0.15) is 59.8 Å². The molecule has 1 aliphatic heterocycles. The Kier molecular flexibility index (Phi) is 4.70. The molecule has 4 rings (SSSR count). The summed E-state index contributed by atoms with van der Waals surface area (Å²) >= 11 is 0. The first-order chi connectivity index (χ1) is 12.6. The maximum atomic E-state index is 12.9. The van der Waals surface area contributed by atoms with Gasteiger partial charge in [-0.1, -0.05) is 18.1 Å². The molecule has 1 N–H and O–H groups in total. The van der Waals surface area contributed by atoms with Gasteiger partial charge in [-0.25, -0.2) is 4.98 Å². The fourth-order valence-electron chi connectivity index (χ4n) is 4.15. The van der Waals surface area contributed by atoms with E-state index in [1.807, 2.05) is 24.1 Å². The molecule has 1 aliphatic carbocycles. The van der Waals surface area contributed by atoms with Crippen LogP contribution >= 0.6 is 0 Å².